The largest absolute Gasteiger partial charge is 0.325 e. The number of urea groups is 2. The van der Waals surface area contributed by atoms with Gasteiger partial charge in [-0.05, 0) is 61.7 Å². The first-order valence-electron chi connectivity index (χ1n) is 9.29. The molecule has 1 unspecified atom stereocenters. The van der Waals surface area contributed by atoms with Crippen LogP contribution in [-0.4, -0.2) is 35.3 Å². The quantitative estimate of drug-likeness (QED) is 0.648. The van der Waals surface area contributed by atoms with Crippen LogP contribution in [-0.2, 0) is 15.1 Å². The summed E-state index contributed by atoms with van der Waals surface area (Å²) in [7, 11) is 0. The molecule has 0 spiro atoms. The molecule has 0 bridgehead atoms. The lowest BCUT2D eigenvalue weighted by atomic mass is 9.92. The Morgan fingerprint density at radius 3 is 2.39 bits per heavy atom. The van der Waals surface area contributed by atoms with Crippen LogP contribution in [0, 0.1) is 25.5 Å². The molecule has 8 nitrogen and oxygen atoms in total. The van der Waals surface area contributed by atoms with Gasteiger partial charge in [0.2, 0.25) is 5.91 Å². The number of nitrogens with one attached hydrogen (secondary N) is 3. The van der Waals surface area contributed by atoms with Crippen LogP contribution in [0.1, 0.15) is 23.6 Å². The highest BCUT2D eigenvalue weighted by Crippen LogP contribution is 2.29. The molecule has 1 fully saturated rings. The van der Waals surface area contributed by atoms with Crippen LogP contribution in [0.4, 0.5) is 24.1 Å². The van der Waals surface area contributed by atoms with Crippen LogP contribution in [0.3, 0.4) is 0 Å². The smallest absolute Gasteiger partial charge is 0.319 e. The van der Waals surface area contributed by atoms with Crippen molar-refractivity contribution < 1.29 is 28.0 Å². The molecule has 31 heavy (non-hydrogen) atoms. The molecule has 1 aliphatic rings. The summed E-state index contributed by atoms with van der Waals surface area (Å²) in [5.74, 6) is -4.03. The zero-order chi connectivity index (χ0) is 22.9. The Labute approximate surface area is 176 Å². The van der Waals surface area contributed by atoms with E-state index < -0.39 is 47.6 Å². The summed E-state index contributed by atoms with van der Waals surface area (Å²) >= 11 is 0. The normalized spacial score (nSPS) is 18.0. The second-order valence-corrected chi connectivity index (χ2v) is 7.38. The minimum Gasteiger partial charge on any atom is -0.319 e. The van der Waals surface area contributed by atoms with Gasteiger partial charge in [0, 0.05) is 5.69 Å². The summed E-state index contributed by atoms with van der Waals surface area (Å²) < 4.78 is 26.8. The van der Waals surface area contributed by atoms with Gasteiger partial charge in [0.05, 0.1) is 0 Å². The summed E-state index contributed by atoms with van der Waals surface area (Å²) in [6.45, 7) is 4.36. The molecule has 0 aliphatic carbocycles. The van der Waals surface area contributed by atoms with Crippen LogP contribution in [0.2, 0.25) is 0 Å². The maximum atomic E-state index is 13.6. The number of carbonyl (C=O) groups excluding carboxylic acids is 4. The highest BCUT2D eigenvalue weighted by Gasteiger charge is 2.49. The number of anilines is 1. The second-order valence-electron chi connectivity index (χ2n) is 7.38. The minimum absolute atomic E-state index is 0.0140. The lowest BCUT2D eigenvalue weighted by Crippen LogP contribution is -2.45. The molecule has 1 heterocycles. The van der Waals surface area contributed by atoms with Gasteiger partial charge in [0.15, 0.2) is 11.6 Å². The standard InChI is InChI=1S/C21H20F2N4O4/c1-11-4-6-14(8-12(11)2)24-19(30)25-17(28)10-27-18(29)21(3,26-20(27)31)13-5-7-15(22)16(23)9-13/h4-9H,10H2,1-3H3,(H,26,31)(H2,24,25,28,30). The van der Waals surface area contributed by atoms with Crippen molar-refractivity contribution in [1.29, 1.82) is 0 Å². The van der Waals surface area contributed by atoms with E-state index in [-0.39, 0.29) is 5.56 Å². The van der Waals surface area contributed by atoms with E-state index >= 15 is 0 Å². The van der Waals surface area contributed by atoms with Crippen LogP contribution in [0.15, 0.2) is 36.4 Å². The number of benzene rings is 2. The van der Waals surface area contributed by atoms with Gasteiger partial charge in [0.1, 0.15) is 12.1 Å². The molecular formula is C21H20F2N4O4. The van der Waals surface area contributed by atoms with Crippen molar-refractivity contribution >= 4 is 29.6 Å². The highest BCUT2D eigenvalue weighted by molar-refractivity contribution is 6.10. The summed E-state index contributed by atoms with van der Waals surface area (Å²) in [5, 5.41) is 6.90. The topological polar surface area (TPSA) is 108 Å². The number of aryl methyl sites for hydroxylation is 2. The average Bonchev–Trinajstić information content (AvgIpc) is 2.90. The van der Waals surface area contributed by atoms with Gasteiger partial charge in [-0.3, -0.25) is 19.8 Å². The van der Waals surface area contributed by atoms with Crippen LogP contribution >= 0.6 is 0 Å². The number of hydrogen-bond donors (Lipinski definition) is 3. The fourth-order valence-corrected chi connectivity index (χ4v) is 3.13. The molecule has 1 saturated heterocycles. The molecule has 10 heteroatoms. The van der Waals surface area contributed by atoms with E-state index in [1.807, 2.05) is 19.2 Å². The van der Waals surface area contributed by atoms with Crippen molar-refractivity contribution in [3.63, 3.8) is 0 Å². The molecule has 1 aliphatic heterocycles. The number of rotatable bonds is 4. The predicted octanol–water partition coefficient (Wildman–Crippen LogP) is 2.70. The van der Waals surface area contributed by atoms with E-state index in [0.717, 1.165) is 29.3 Å². The number of carbonyl (C=O) groups is 4. The molecule has 162 valence electrons. The zero-order valence-electron chi connectivity index (χ0n) is 17.0. The Hall–Kier alpha value is -3.82. The first-order valence-corrected chi connectivity index (χ1v) is 9.29. The third kappa shape index (κ3) is 4.37. The molecule has 6 amide bonds. The van der Waals surface area contributed by atoms with Gasteiger partial charge in [-0.2, -0.15) is 0 Å². The minimum atomic E-state index is -1.69. The van der Waals surface area contributed by atoms with Crippen molar-refractivity contribution in [3.8, 4) is 0 Å². The Bertz CT molecular complexity index is 1100. The van der Waals surface area contributed by atoms with Gasteiger partial charge in [-0.25, -0.2) is 18.4 Å². The Morgan fingerprint density at radius 2 is 1.74 bits per heavy atom. The summed E-state index contributed by atoms with van der Waals surface area (Å²) in [6.07, 6.45) is 0. The maximum Gasteiger partial charge on any atom is 0.325 e. The van der Waals surface area contributed by atoms with E-state index in [0.29, 0.717) is 10.6 Å². The third-order valence-electron chi connectivity index (χ3n) is 5.09. The monoisotopic (exact) mass is 430 g/mol. The predicted molar refractivity (Wildman–Crippen MR) is 107 cm³/mol. The Kier molecular flexibility index (Phi) is 5.74. The highest BCUT2D eigenvalue weighted by atomic mass is 19.2. The fraction of sp³-hybridized carbons (Fsp3) is 0.238. The first-order chi connectivity index (χ1) is 14.5. The maximum absolute atomic E-state index is 13.6. The average molecular weight is 430 g/mol. The molecule has 2 aromatic rings. The molecule has 0 radical (unpaired) electrons. The molecule has 0 aromatic heterocycles. The first kappa shape index (κ1) is 21.9. The summed E-state index contributed by atoms with van der Waals surface area (Å²) in [4.78, 5) is 49.9. The molecular weight excluding hydrogens is 410 g/mol. The van der Waals surface area contributed by atoms with E-state index in [4.69, 9.17) is 0 Å². The fourth-order valence-electron chi connectivity index (χ4n) is 3.13. The van der Waals surface area contributed by atoms with Crippen LogP contribution in [0.25, 0.3) is 0 Å². The van der Waals surface area contributed by atoms with Crippen molar-refractivity contribution in [1.82, 2.24) is 15.5 Å². The summed E-state index contributed by atoms with van der Waals surface area (Å²) in [5.41, 5.74) is 0.771. The van der Waals surface area contributed by atoms with Gasteiger partial charge < -0.3 is 10.6 Å². The van der Waals surface area contributed by atoms with Gasteiger partial charge in [-0.1, -0.05) is 12.1 Å². The number of halogens is 2. The number of amides is 6. The Morgan fingerprint density at radius 1 is 1.03 bits per heavy atom. The zero-order valence-corrected chi connectivity index (χ0v) is 17.0. The van der Waals surface area contributed by atoms with E-state index in [9.17, 15) is 28.0 Å². The number of hydrogen-bond acceptors (Lipinski definition) is 4. The lowest BCUT2D eigenvalue weighted by molar-refractivity contribution is -0.134. The van der Waals surface area contributed by atoms with Crippen LogP contribution < -0.4 is 16.0 Å². The van der Waals surface area contributed by atoms with Crippen molar-refractivity contribution in [3.05, 3.63) is 64.7 Å². The summed E-state index contributed by atoms with van der Waals surface area (Å²) in [6, 6.07) is 6.26. The molecule has 3 rings (SSSR count). The van der Waals surface area contributed by atoms with Crippen LogP contribution in [0.5, 0.6) is 0 Å². The number of imide groups is 2. The second kappa shape index (κ2) is 8.13. The van der Waals surface area contributed by atoms with E-state index in [1.165, 1.54) is 6.92 Å². The van der Waals surface area contributed by atoms with E-state index in [2.05, 4.69) is 10.6 Å². The molecule has 1 atom stereocenters. The van der Waals surface area contributed by atoms with Crippen molar-refractivity contribution in [2.75, 3.05) is 11.9 Å². The van der Waals surface area contributed by atoms with Crippen molar-refractivity contribution in [2.45, 2.75) is 26.3 Å². The van der Waals surface area contributed by atoms with Gasteiger partial charge in [0.25, 0.3) is 5.91 Å². The molecule has 3 N–H and O–H groups in total. The van der Waals surface area contributed by atoms with Crippen molar-refractivity contribution in [2.24, 2.45) is 0 Å². The van der Waals surface area contributed by atoms with Gasteiger partial charge in [-0.15, -0.1) is 0 Å². The Balaban J connectivity index is 1.66. The number of nitrogens with zero attached hydrogens (tertiary/aromatic N) is 1. The molecule has 0 saturated carbocycles. The lowest BCUT2D eigenvalue weighted by Gasteiger charge is -2.22. The third-order valence-corrected chi connectivity index (χ3v) is 5.09. The SMILES string of the molecule is Cc1ccc(NC(=O)NC(=O)CN2C(=O)NC(C)(c3ccc(F)c(F)c3)C2=O)cc1C. The van der Waals surface area contributed by atoms with Gasteiger partial charge >= 0.3 is 12.1 Å². The molecule has 2 aromatic carbocycles. The van der Waals surface area contributed by atoms with E-state index in [1.54, 1.807) is 18.2 Å².